The second kappa shape index (κ2) is 8.95. The van der Waals surface area contributed by atoms with E-state index >= 15 is 0 Å². The number of aliphatic imine (C=N–C) groups is 1. The van der Waals surface area contributed by atoms with Crippen molar-refractivity contribution >= 4 is 28.9 Å². The Kier molecular flexibility index (Phi) is 6.94. The van der Waals surface area contributed by atoms with Crippen molar-refractivity contribution in [3.8, 4) is 5.75 Å². The highest BCUT2D eigenvalue weighted by molar-refractivity contribution is 6.36. The second-order valence-electron chi connectivity index (χ2n) is 5.43. The second-order valence-corrected chi connectivity index (χ2v) is 6.28. The van der Waals surface area contributed by atoms with Gasteiger partial charge in [-0.15, -0.1) is 0 Å². The summed E-state index contributed by atoms with van der Waals surface area (Å²) in [6, 6.07) is 12.5. The maximum absolute atomic E-state index is 10.2. The molecular weight excluding hydrogens is 329 g/mol. The molecule has 0 unspecified atom stereocenters. The molecule has 0 spiro atoms. The molecule has 2 nitrogen and oxygen atoms in total. The number of unbranched alkanes of at least 4 members (excludes halogenated alkanes) is 3. The summed E-state index contributed by atoms with van der Waals surface area (Å²) < 4.78 is 0. The summed E-state index contributed by atoms with van der Waals surface area (Å²) in [6.07, 6.45) is 4.57. The van der Waals surface area contributed by atoms with E-state index in [1.165, 1.54) is 12.8 Å². The lowest BCUT2D eigenvalue weighted by molar-refractivity contribution is 0.474. The van der Waals surface area contributed by atoms with E-state index in [0.29, 0.717) is 27.9 Å². The predicted molar refractivity (Wildman–Crippen MR) is 99.2 cm³/mol. The number of phenols is 1. The number of rotatable bonds is 7. The van der Waals surface area contributed by atoms with Crippen LogP contribution in [0.1, 0.15) is 43.7 Å². The Morgan fingerprint density at radius 1 is 1.00 bits per heavy atom. The van der Waals surface area contributed by atoms with E-state index in [0.717, 1.165) is 18.4 Å². The van der Waals surface area contributed by atoms with E-state index < -0.39 is 0 Å². The van der Waals surface area contributed by atoms with Crippen molar-refractivity contribution in [2.45, 2.75) is 32.6 Å². The van der Waals surface area contributed by atoms with Gasteiger partial charge >= 0.3 is 0 Å². The Balaban J connectivity index is 2.37. The molecule has 2 rings (SSSR count). The molecule has 23 heavy (non-hydrogen) atoms. The average molecular weight is 350 g/mol. The molecule has 0 aliphatic heterocycles. The lowest BCUT2D eigenvalue weighted by Crippen LogP contribution is -2.06. The molecule has 0 saturated carbocycles. The summed E-state index contributed by atoms with van der Waals surface area (Å²) in [4.78, 5) is 4.71. The number of halogens is 2. The molecule has 0 aliphatic rings. The Bertz CT molecular complexity index is 683. The zero-order chi connectivity index (χ0) is 16.7. The molecule has 0 atom stereocenters. The van der Waals surface area contributed by atoms with Crippen molar-refractivity contribution < 1.29 is 5.11 Å². The van der Waals surface area contributed by atoms with Gasteiger partial charge in [-0.1, -0.05) is 67.6 Å². The van der Waals surface area contributed by atoms with Crippen LogP contribution in [0.2, 0.25) is 10.0 Å². The van der Waals surface area contributed by atoms with Gasteiger partial charge in [0.2, 0.25) is 0 Å². The van der Waals surface area contributed by atoms with Crippen molar-refractivity contribution in [3.05, 3.63) is 63.6 Å². The van der Waals surface area contributed by atoms with E-state index in [9.17, 15) is 5.11 Å². The maximum Gasteiger partial charge on any atom is 0.125 e. The van der Waals surface area contributed by atoms with Crippen LogP contribution in [0.15, 0.2) is 47.5 Å². The normalized spacial score (nSPS) is 11.7. The maximum atomic E-state index is 10.2. The molecule has 4 heteroatoms. The third-order valence-corrected chi connectivity index (χ3v) is 4.19. The molecule has 0 fully saturated rings. The zero-order valence-electron chi connectivity index (χ0n) is 13.2. The van der Waals surface area contributed by atoms with Crippen LogP contribution in [0.4, 0.5) is 0 Å². The minimum Gasteiger partial charge on any atom is -0.507 e. The predicted octanol–water partition coefficient (Wildman–Crippen LogP) is 6.12. The van der Waals surface area contributed by atoms with Crippen LogP contribution in [0.5, 0.6) is 5.75 Å². The highest BCUT2D eigenvalue weighted by Crippen LogP contribution is 2.27. The quantitative estimate of drug-likeness (QED) is 0.474. The summed E-state index contributed by atoms with van der Waals surface area (Å²) in [7, 11) is 0. The van der Waals surface area contributed by atoms with Gasteiger partial charge in [0.1, 0.15) is 5.75 Å². The molecule has 0 aromatic heterocycles. The highest BCUT2D eigenvalue weighted by atomic mass is 35.5. The number of aromatic hydroxyl groups is 1. The summed E-state index contributed by atoms with van der Waals surface area (Å²) in [6.45, 7) is 2.88. The van der Waals surface area contributed by atoms with Crippen LogP contribution in [0.25, 0.3) is 0 Å². The minimum absolute atomic E-state index is 0.154. The fraction of sp³-hybridized carbons (Fsp3) is 0.316. The molecule has 2 aromatic rings. The van der Waals surface area contributed by atoms with Crippen molar-refractivity contribution in [2.24, 2.45) is 4.99 Å². The van der Waals surface area contributed by atoms with Crippen molar-refractivity contribution in [3.63, 3.8) is 0 Å². The van der Waals surface area contributed by atoms with Gasteiger partial charge in [0.15, 0.2) is 0 Å². The van der Waals surface area contributed by atoms with E-state index in [4.69, 9.17) is 28.2 Å². The van der Waals surface area contributed by atoms with Crippen molar-refractivity contribution in [1.29, 1.82) is 0 Å². The lowest BCUT2D eigenvalue weighted by Gasteiger charge is -2.11. The van der Waals surface area contributed by atoms with Crippen molar-refractivity contribution in [2.75, 3.05) is 6.54 Å². The highest BCUT2D eigenvalue weighted by Gasteiger charge is 2.14. The molecule has 0 bridgehead atoms. The molecule has 1 N–H and O–H groups in total. The number of nitrogens with zero attached hydrogens (tertiary/aromatic N) is 1. The van der Waals surface area contributed by atoms with E-state index in [1.54, 1.807) is 18.2 Å². The van der Waals surface area contributed by atoms with E-state index in [2.05, 4.69) is 6.92 Å². The van der Waals surface area contributed by atoms with Crippen LogP contribution in [-0.2, 0) is 0 Å². The molecular formula is C19H21Cl2NO. The topological polar surface area (TPSA) is 32.6 Å². The van der Waals surface area contributed by atoms with Gasteiger partial charge in [-0.05, 0) is 30.7 Å². The first-order chi connectivity index (χ1) is 11.1. The Morgan fingerprint density at radius 2 is 1.78 bits per heavy atom. The lowest BCUT2D eigenvalue weighted by atomic mass is 10.0. The van der Waals surface area contributed by atoms with Crippen LogP contribution in [0, 0.1) is 0 Å². The van der Waals surface area contributed by atoms with Gasteiger partial charge in [0, 0.05) is 27.7 Å². The van der Waals surface area contributed by atoms with Gasteiger partial charge in [-0.2, -0.15) is 0 Å². The Labute approximate surface area is 147 Å². The van der Waals surface area contributed by atoms with Gasteiger partial charge < -0.3 is 5.11 Å². The minimum atomic E-state index is 0.154. The fourth-order valence-electron chi connectivity index (χ4n) is 2.40. The molecule has 2 aromatic carbocycles. The fourth-order valence-corrected chi connectivity index (χ4v) is 2.79. The first-order valence-corrected chi connectivity index (χ1v) is 8.67. The number of hydrogen-bond acceptors (Lipinski definition) is 2. The van der Waals surface area contributed by atoms with Crippen LogP contribution in [0.3, 0.4) is 0 Å². The number of hydrogen-bond donors (Lipinski definition) is 1. The van der Waals surface area contributed by atoms with Crippen LogP contribution >= 0.6 is 23.2 Å². The van der Waals surface area contributed by atoms with Crippen LogP contribution < -0.4 is 0 Å². The van der Waals surface area contributed by atoms with Gasteiger partial charge in [-0.3, -0.25) is 4.99 Å². The standard InChI is InChI=1S/C19H21Cl2NO/c1-2-3-4-7-12-22-19(15-8-5-6-9-17(15)21)16-13-14(20)10-11-18(16)23/h5-6,8-11,13,23H,2-4,7,12H2,1H3. The third kappa shape index (κ3) is 4.98. The zero-order valence-corrected chi connectivity index (χ0v) is 14.7. The summed E-state index contributed by atoms with van der Waals surface area (Å²) >= 11 is 12.4. The van der Waals surface area contributed by atoms with Crippen LogP contribution in [-0.4, -0.2) is 17.4 Å². The SMILES string of the molecule is CCCCCCN=C(c1cc(Cl)ccc1O)c1ccccc1Cl. The number of benzene rings is 2. The first-order valence-electron chi connectivity index (χ1n) is 7.91. The van der Waals surface area contributed by atoms with Crippen molar-refractivity contribution in [1.82, 2.24) is 0 Å². The molecule has 0 amide bonds. The summed E-state index contributed by atoms with van der Waals surface area (Å²) in [5, 5.41) is 11.4. The molecule has 0 heterocycles. The Hall–Kier alpha value is -1.51. The summed E-state index contributed by atoms with van der Waals surface area (Å²) in [5.41, 5.74) is 2.11. The smallest absolute Gasteiger partial charge is 0.125 e. The largest absolute Gasteiger partial charge is 0.507 e. The summed E-state index contributed by atoms with van der Waals surface area (Å²) in [5.74, 6) is 0.154. The Morgan fingerprint density at radius 3 is 2.52 bits per heavy atom. The monoisotopic (exact) mass is 349 g/mol. The van der Waals surface area contributed by atoms with E-state index in [1.807, 2.05) is 24.3 Å². The van der Waals surface area contributed by atoms with E-state index in [-0.39, 0.29) is 5.75 Å². The number of phenolic OH excluding ortho intramolecular Hbond substituents is 1. The average Bonchev–Trinajstić information content (AvgIpc) is 2.55. The molecule has 0 radical (unpaired) electrons. The molecule has 0 saturated heterocycles. The molecule has 122 valence electrons. The van der Waals surface area contributed by atoms with Gasteiger partial charge in [-0.25, -0.2) is 0 Å². The van der Waals surface area contributed by atoms with Gasteiger partial charge in [0.05, 0.1) is 5.71 Å². The van der Waals surface area contributed by atoms with Gasteiger partial charge in [0.25, 0.3) is 0 Å². The third-order valence-electron chi connectivity index (χ3n) is 3.62. The molecule has 0 aliphatic carbocycles. The first kappa shape index (κ1) is 17.8.